The van der Waals surface area contributed by atoms with Gasteiger partial charge in [0.1, 0.15) is 5.36 Å². The first-order valence-electron chi connectivity index (χ1n) is 10.00. The molecule has 0 saturated heterocycles. The number of nitrogens with zero attached hydrogens (tertiary/aromatic N) is 3. The number of nitrogens with one attached hydrogen (secondary N) is 1. The summed E-state index contributed by atoms with van der Waals surface area (Å²) < 4.78 is 0. The van der Waals surface area contributed by atoms with Gasteiger partial charge in [0, 0.05) is 16.8 Å². The van der Waals surface area contributed by atoms with Crippen LogP contribution in [0, 0.1) is 11.5 Å². The number of benzene rings is 1. The van der Waals surface area contributed by atoms with E-state index in [4.69, 9.17) is 5.26 Å². The van der Waals surface area contributed by atoms with E-state index in [1.807, 2.05) is 31.2 Å². The van der Waals surface area contributed by atoms with Crippen molar-refractivity contribution in [2.45, 2.75) is 47.0 Å². The van der Waals surface area contributed by atoms with Crippen LogP contribution < -0.4 is 16.1 Å². The van der Waals surface area contributed by atoms with Gasteiger partial charge in [-0.15, -0.1) is 0 Å². The molecule has 0 aromatic heterocycles. The lowest BCUT2D eigenvalue weighted by atomic mass is 9.81. The first kappa shape index (κ1) is 22.4. The molecule has 0 radical (unpaired) electrons. The Morgan fingerprint density at radius 3 is 2.28 bits per heavy atom. The Labute approximate surface area is 172 Å². The molecule has 0 bridgehead atoms. The van der Waals surface area contributed by atoms with Crippen LogP contribution in [0.4, 0.5) is 5.69 Å². The van der Waals surface area contributed by atoms with E-state index in [1.54, 1.807) is 6.19 Å². The van der Waals surface area contributed by atoms with Crippen molar-refractivity contribution >= 4 is 11.3 Å². The molecule has 0 aliphatic carbocycles. The number of allylic oxidation sites excluding steroid dienone is 2. The summed E-state index contributed by atoms with van der Waals surface area (Å²) in [6, 6.07) is 7.97. The van der Waals surface area contributed by atoms with E-state index in [9.17, 15) is 9.90 Å². The van der Waals surface area contributed by atoms with Gasteiger partial charge >= 0.3 is 0 Å². The Kier molecular flexibility index (Phi) is 6.99. The van der Waals surface area contributed by atoms with Crippen molar-refractivity contribution in [3.8, 4) is 11.9 Å². The number of nitriles is 1. The molecule has 29 heavy (non-hydrogen) atoms. The zero-order valence-corrected chi connectivity index (χ0v) is 18.1. The van der Waals surface area contributed by atoms with Gasteiger partial charge in [-0.25, -0.2) is 0 Å². The van der Waals surface area contributed by atoms with E-state index >= 15 is 0 Å². The highest BCUT2D eigenvalue weighted by molar-refractivity contribution is 5.82. The van der Waals surface area contributed by atoms with Crippen molar-refractivity contribution in [3.05, 3.63) is 56.7 Å². The maximum atomic E-state index is 11.6. The SMILES string of the molecule is CC(=C1Nc2ccccc2C1(C)C)c1c(O)c(=O)c1=NC#N.CCN(CC)CC. The predicted molar refractivity (Wildman–Crippen MR) is 117 cm³/mol. The zero-order chi connectivity index (χ0) is 21.8. The van der Waals surface area contributed by atoms with Gasteiger partial charge in [0.05, 0.1) is 5.56 Å². The summed E-state index contributed by atoms with van der Waals surface area (Å²) in [7, 11) is 0. The van der Waals surface area contributed by atoms with Crippen molar-refractivity contribution in [1.82, 2.24) is 4.90 Å². The molecule has 6 nitrogen and oxygen atoms in total. The minimum Gasteiger partial charge on any atom is -0.504 e. The second-order valence-electron chi connectivity index (χ2n) is 7.53. The molecule has 154 valence electrons. The van der Waals surface area contributed by atoms with Crippen molar-refractivity contribution in [2.24, 2.45) is 4.99 Å². The molecular formula is C23H30N4O2. The Morgan fingerprint density at radius 2 is 1.79 bits per heavy atom. The maximum Gasteiger partial charge on any atom is 0.247 e. The smallest absolute Gasteiger partial charge is 0.247 e. The zero-order valence-electron chi connectivity index (χ0n) is 18.1. The lowest BCUT2D eigenvalue weighted by Crippen LogP contribution is -2.36. The number of anilines is 1. The van der Waals surface area contributed by atoms with Gasteiger partial charge in [0.2, 0.25) is 11.6 Å². The summed E-state index contributed by atoms with van der Waals surface area (Å²) in [5.74, 6) is -0.326. The summed E-state index contributed by atoms with van der Waals surface area (Å²) >= 11 is 0. The fourth-order valence-electron chi connectivity index (χ4n) is 3.82. The second kappa shape index (κ2) is 9.06. The van der Waals surface area contributed by atoms with E-state index in [0.717, 1.165) is 22.5 Å². The third-order valence-electron chi connectivity index (χ3n) is 5.64. The van der Waals surface area contributed by atoms with Crippen LogP contribution in [0.2, 0.25) is 0 Å². The van der Waals surface area contributed by atoms with E-state index in [2.05, 4.69) is 49.8 Å². The number of hydrogen-bond donors (Lipinski definition) is 2. The van der Waals surface area contributed by atoms with Crippen LogP contribution in [-0.4, -0.2) is 29.6 Å². The number of rotatable bonds is 4. The predicted octanol–water partition coefficient (Wildman–Crippen LogP) is 3.49. The summed E-state index contributed by atoms with van der Waals surface area (Å²) in [4.78, 5) is 17.5. The van der Waals surface area contributed by atoms with Gasteiger partial charge < -0.3 is 15.3 Å². The van der Waals surface area contributed by atoms with Gasteiger partial charge in [-0.3, -0.25) is 4.79 Å². The summed E-state index contributed by atoms with van der Waals surface area (Å²) in [5, 5.41) is 21.9. The Morgan fingerprint density at radius 1 is 1.21 bits per heavy atom. The minimum absolute atomic E-state index is 0.0264. The first-order chi connectivity index (χ1) is 13.7. The van der Waals surface area contributed by atoms with Gasteiger partial charge in [0.25, 0.3) is 0 Å². The quantitative estimate of drug-likeness (QED) is 0.775. The molecule has 0 saturated carbocycles. The molecule has 1 aliphatic heterocycles. The lowest BCUT2D eigenvalue weighted by molar-refractivity contribution is 0.321. The average Bonchev–Trinajstić information content (AvgIpc) is 3.00. The lowest BCUT2D eigenvalue weighted by Gasteiger charge is -2.23. The molecule has 2 aromatic rings. The Balaban J connectivity index is 0.000000370. The first-order valence-corrected chi connectivity index (χ1v) is 10.00. The number of hydrogen-bond acceptors (Lipinski definition) is 6. The molecular weight excluding hydrogens is 364 g/mol. The number of aromatic hydroxyl groups is 1. The molecule has 0 fully saturated rings. The monoisotopic (exact) mass is 394 g/mol. The number of para-hydroxylation sites is 1. The molecule has 2 aromatic carbocycles. The standard InChI is InChI=1S/C17H15N3O2.C6H15N/c1-9(12-13(19-8-18)15(22)14(12)21)16-17(2,3)10-6-4-5-7-11(10)20-16;1-4-7(5-2)6-3/h4-7,20-21H,1-3H3;4-6H2,1-3H3. The molecule has 0 spiro atoms. The van der Waals surface area contributed by atoms with Crippen LogP contribution in [0.5, 0.6) is 5.75 Å². The van der Waals surface area contributed by atoms with Crippen molar-refractivity contribution in [2.75, 3.05) is 25.0 Å². The van der Waals surface area contributed by atoms with Crippen LogP contribution in [0.1, 0.15) is 52.7 Å². The highest BCUT2D eigenvalue weighted by atomic mass is 16.3. The van der Waals surface area contributed by atoms with Gasteiger partial charge in [-0.1, -0.05) is 52.8 Å². The summed E-state index contributed by atoms with van der Waals surface area (Å²) in [5.41, 5.74) is 3.27. The van der Waals surface area contributed by atoms with Gasteiger partial charge in [-0.05, 0) is 43.8 Å². The third-order valence-corrected chi connectivity index (χ3v) is 5.64. The molecule has 0 atom stereocenters. The fraction of sp³-hybridized carbons (Fsp3) is 0.435. The highest BCUT2D eigenvalue weighted by Gasteiger charge is 2.37. The molecule has 1 heterocycles. The normalized spacial score (nSPS) is 16.7. The molecule has 0 amide bonds. The summed E-state index contributed by atoms with van der Waals surface area (Å²) in [6.45, 7) is 16.1. The Hall–Kier alpha value is -2.91. The Bertz CT molecular complexity index is 1020. The summed E-state index contributed by atoms with van der Waals surface area (Å²) in [6.07, 6.45) is 1.61. The second-order valence-corrected chi connectivity index (χ2v) is 7.53. The average molecular weight is 395 g/mol. The van der Waals surface area contributed by atoms with Gasteiger partial charge in [-0.2, -0.15) is 10.3 Å². The van der Waals surface area contributed by atoms with Crippen LogP contribution in [-0.2, 0) is 5.41 Å². The van der Waals surface area contributed by atoms with Crippen LogP contribution in [0.15, 0.2) is 39.7 Å². The minimum atomic E-state index is -0.579. The van der Waals surface area contributed by atoms with Crippen molar-refractivity contribution in [3.63, 3.8) is 0 Å². The molecule has 2 N–H and O–H groups in total. The molecule has 0 unspecified atom stereocenters. The van der Waals surface area contributed by atoms with Crippen LogP contribution >= 0.6 is 0 Å². The molecule has 6 heteroatoms. The molecule has 1 aliphatic rings. The van der Waals surface area contributed by atoms with E-state index in [0.29, 0.717) is 5.56 Å². The van der Waals surface area contributed by atoms with E-state index in [-0.39, 0.29) is 16.5 Å². The van der Waals surface area contributed by atoms with E-state index in [1.165, 1.54) is 19.6 Å². The highest BCUT2D eigenvalue weighted by Crippen LogP contribution is 2.46. The van der Waals surface area contributed by atoms with Gasteiger partial charge in [0.15, 0.2) is 5.75 Å². The van der Waals surface area contributed by atoms with Crippen LogP contribution in [0.25, 0.3) is 5.57 Å². The maximum absolute atomic E-state index is 11.6. The van der Waals surface area contributed by atoms with E-state index < -0.39 is 5.43 Å². The van der Waals surface area contributed by atoms with Crippen molar-refractivity contribution in [1.29, 1.82) is 5.26 Å². The fourth-order valence-corrected chi connectivity index (χ4v) is 3.82. The van der Waals surface area contributed by atoms with Crippen LogP contribution in [0.3, 0.4) is 0 Å². The topological polar surface area (TPSA) is 88.7 Å². The molecule has 3 rings (SSSR count). The third kappa shape index (κ3) is 4.10. The number of fused-ring (bicyclic) bond motifs is 1. The van der Waals surface area contributed by atoms with Crippen molar-refractivity contribution < 1.29 is 5.11 Å². The largest absolute Gasteiger partial charge is 0.504 e.